The Morgan fingerprint density at radius 2 is 2.05 bits per heavy atom. The summed E-state index contributed by atoms with van der Waals surface area (Å²) < 4.78 is 15.1. The van der Waals surface area contributed by atoms with E-state index in [0.29, 0.717) is 17.7 Å². The molecule has 0 aliphatic carbocycles. The summed E-state index contributed by atoms with van der Waals surface area (Å²) in [4.78, 5) is 0. The fourth-order valence-electron chi connectivity index (χ4n) is 2.12. The highest BCUT2D eigenvalue weighted by molar-refractivity contribution is 5.78. The van der Waals surface area contributed by atoms with Gasteiger partial charge in [-0.05, 0) is 29.8 Å². The zero-order valence-electron chi connectivity index (χ0n) is 10.0. The van der Waals surface area contributed by atoms with E-state index in [1.165, 1.54) is 18.2 Å². The van der Waals surface area contributed by atoms with Gasteiger partial charge in [-0.2, -0.15) is 10.4 Å². The molecule has 0 fully saturated rings. The zero-order valence-corrected chi connectivity index (χ0v) is 10.0. The fourth-order valence-corrected chi connectivity index (χ4v) is 2.12. The number of aromatic nitrogens is 2. The quantitative estimate of drug-likeness (QED) is 0.702. The minimum Gasteiger partial charge on any atom is -0.260 e. The number of hydrogen-bond acceptors (Lipinski definition) is 2. The van der Waals surface area contributed by atoms with Crippen molar-refractivity contribution in [2.75, 3.05) is 0 Å². The summed E-state index contributed by atoms with van der Waals surface area (Å²) in [6.07, 6.45) is 1.76. The molecule has 0 N–H and O–H groups in total. The third-order valence-electron chi connectivity index (χ3n) is 3.06. The van der Waals surface area contributed by atoms with Crippen LogP contribution in [0.2, 0.25) is 0 Å². The van der Waals surface area contributed by atoms with E-state index in [2.05, 4.69) is 11.2 Å². The Balaban J connectivity index is 2.06. The molecule has 0 saturated heterocycles. The Kier molecular flexibility index (Phi) is 2.73. The van der Waals surface area contributed by atoms with Crippen LogP contribution in [0.25, 0.3) is 10.9 Å². The summed E-state index contributed by atoms with van der Waals surface area (Å²) in [6, 6.07) is 14.0. The number of fused-ring (bicyclic) bond motifs is 1. The Morgan fingerprint density at radius 3 is 2.89 bits per heavy atom. The van der Waals surface area contributed by atoms with Crippen LogP contribution in [0.5, 0.6) is 0 Å². The molecule has 0 radical (unpaired) electrons. The summed E-state index contributed by atoms with van der Waals surface area (Å²) in [6.45, 7) is 0.383. The van der Waals surface area contributed by atoms with Crippen LogP contribution >= 0.6 is 0 Å². The summed E-state index contributed by atoms with van der Waals surface area (Å²) in [7, 11) is 0. The lowest BCUT2D eigenvalue weighted by atomic mass is 10.1. The first-order chi connectivity index (χ1) is 9.28. The van der Waals surface area contributed by atoms with E-state index in [9.17, 15) is 4.39 Å². The van der Waals surface area contributed by atoms with E-state index in [-0.39, 0.29) is 5.82 Å². The van der Waals surface area contributed by atoms with E-state index in [1.54, 1.807) is 10.9 Å². The molecule has 92 valence electrons. The lowest BCUT2D eigenvalue weighted by Gasteiger charge is -2.06. The number of benzene rings is 2. The van der Waals surface area contributed by atoms with Crippen molar-refractivity contribution < 1.29 is 4.39 Å². The number of nitrogens with zero attached hydrogens (tertiary/aromatic N) is 3. The molecule has 19 heavy (non-hydrogen) atoms. The third kappa shape index (κ3) is 2.06. The van der Waals surface area contributed by atoms with Gasteiger partial charge in [0.2, 0.25) is 0 Å². The normalized spacial score (nSPS) is 10.5. The fraction of sp³-hybridized carbons (Fsp3) is 0.0667. The molecule has 1 heterocycles. The highest BCUT2D eigenvalue weighted by atomic mass is 19.1. The van der Waals surface area contributed by atoms with Crippen LogP contribution in [0.3, 0.4) is 0 Å². The molecule has 0 spiro atoms. The van der Waals surface area contributed by atoms with Gasteiger partial charge in [-0.25, -0.2) is 4.39 Å². The van der Waals surface area contributed by atoms with Crippen molar-refractivity contribution in [3.63, 3.8) is 0 Å². The van der Waals surface area contributed by atoms with E-state index >= 15 is 0 Å². The Labute approximate surface area is 109 Å². The largest absolute Gasteiger partial charge is 0.260 e. The maximum absolute atomic E-state index is 13.3. The van der Waals surface area contributed by atoms with Crippen LogP contribution in [-0.4, -0.2) is 9.78 Å². The van der Waals surface area contributed by atoms with Gasteiger partial charge in [0.05, 0.1) is 29.9 Å². The molecule has 3 rings (SSSR count). The van der Waals surface area contributed by atoms with E-state index in [4.69, 9.17) is 5.26 Å². The van der Waals surface area contributed by atoms with Gasteiger partial charge in [-0.15, -0.1) is 0 Å². The number of para-hydroxylation sites is 1. The van der Waals surface area contributed by atoms with Crippen LogP contribution in [0.4, 0.5) is 4.39 Å². The van der Waals surface area contributed by atoms with Crippen molar-refractivity contribution >= 4 is 10.9 Å². The molecule has 0 amide bonds. The van der Waals surface area contributed by atoms with Crippen molar-refractivity contribution in [3.8, 4) is 6.07 Å². The van der Waals surface area contributed by atoms with Crippen LogP contribution in [0.15, 0.2) is 48.7 Å². The van der Waals surface area contributed by atoms with E-state index in [1.807, 2.05) is 24.3 Å². The molecule has 3 nitrogen and oxygen atoms in total. The number of nitriles is 1. The molecule has 0 unspecified atom stereocenters. The van der Waals surface area contributed by atoms with Crippen LogP contribution < -0.4 is 0 Å². The van der Waals surface area contributed by atoms with Crippen molar-refractivity contribution in [1.29, 1.82) is 5.26 Å². The van der Waals surface area contributed by atoms with Crippen LogP contribution in [-0.2, 0) is 6.54 Å². The van der Waals surface area contributed by atoms with Gasteiger partial charge in [-0.1, -0.05) is 18.2 Å². The van der Waals surface area contributed by atoms with E-state index < -0.39 is 0 Å². The smallest absolute Gasteiger partial charge is 0.123 e. The molecule has 0 bridgehead atoms. The number of hydrogen-bond donors (Lipinski definition) is 0. The molecule has 0 aliphatic heterocycles. The van der Waals surface area contributed by atoms with Crippen molar-refractivity contribution in [3.05, 3.63) is 65.6 Å². The monoisotopic (exact) mass is 251 g/mol. The van der Waals surface area contributed by atoms with Gasteiger partial charge >= 0.3 is 0 Å². The molecule has 1 aromatic heterocycles. The van der Waals surface area contributed by atoms with Crippen molar-refractivity contribution in [2.45, 2.75) is 6.54 Å². The maximum Gasteiger partial charge on any atom is 0.123 e. The summed E-state index contributed by atoms with van der Waals surface area (Å²) in [5.41, 5.74) is 2.08. The van der Waals surface area contributed by atoms with E-state index in [0.717, 1.165) is 10.9 Å². The molecule has 0 atom stereocenters. The van der Waals surface area contributed by atoms with Gasteiger partial charge in [0, 0.05) is 5.39 Å². The maximum atomic E-state index is 13.3. The van der Waals surface area contributed by atoms with Gasteiger partial charge in [-0.3, -0.25) is 4.68 Å². The predicted molar refractivity (Wildman–Crippen MR) is 70.0 cm³/mol. The van der Waals surface area contributed by atoms with Crippen molar-refractivity contribution in [2.24, 2.45) is 0 Å². The van der Waals surface area contributed by atoms with Crippen molar-refractivity contribution in [1.82, 2.24) is 9.78 Å². The molecule has 3 aromatic rings. The summed E-state index contributed by atoms with van der Waals surface area (Å²) >= 11 is 0. The molecular weight excluding hydrogens is 241 g/mol. The standard InChI is InChI=1S/C15H10FN3/c16-14-6-5-11(8-17)13(7-14)10-19-15-4-2-1-3-12(15)9-18-19/h1-7,9H,10H2. The highest BCUT2D eigenvalue weighted by Gasteiger charge is 2.07. The third-order valence-corrected chi connectivity index (χ3v) is 3.06. The Bertz CT molecular complexity index is 783. The Hall–Kier alpha value is -2.67. The van der Waals surface area contributed by atoms with Crippen LogP contribution in [0.1, 0.15) is 11.1 Å². The molecule has 0 saturated carbocycles. The SMILES string of the molecule is N#Cc1ccc(F)cc1Cn1ncc2ccccc21. The highest BCUT2D eigenvalue weighted by Crippen LogP contribution is 2.17. The number of rotatable bonds is 2. The second kappa shape index (κ2) is 4.54. The molecule has 0 aliphatic rings. The zero-order chi connectivity index (χ0) is 13.2. The topological polar surface area (TPSA) is 41.6 Å². The van der Waals surface area contributed by atoms with Gasteiger partial charge in [0.15, 0.2) is 0 Å². The van der Waals surface area contributed by atoms with Crippen LogP contribution in [0, 0.1) is 17.1 Å². The summed E-state index contributed by atoms with van der Waals surface area (Å²) in [5.74, 6) is -0.342. The molecule has 4 heteroatoms. The second-order valence-electron chi connectivity index (χ2n) is 4.27. The number of halogens is 1. The minimum atomic E-state index is -0.342. The average Bonchev–Trinajstić information content (AvgIpc) is 2.83. The summed E-state index contributed by atoms with van der Waals surface area (Å²) in [5, 5.41) is 14.4. The first-order valence-corrected chi connectivity index (χ1v) is 5.87. The molecular formula is C15H10FN3. The lowest BCUT2D eigenvalue weighted by Crippen LogP contribution is -2.03. The average molecular weight is 251 g/mol. The van der Waals surface area contributed by atoms with Gasteiger partial charge in [0.1, 0.15) is 5.82 Å². The first kappa shape index (κ1) is 11.4. The van der Waals surface area contributed by atoms with Gasteiger partial charge in [0.25, 0.3) is 0 Å². The Morgan fingerprint density at radius 1 is 1.21 bits per heavy atom. The first-order valence-electron chi connectivity index (χ1n) is 5.87. The predicted octanol–water partition coefficient (Wildman–Crippen LogP) is 3.10. The minimum absolute atomic E-state index is 0.342. The lowest BCUT2D eigenvalue weighted by molar-refractivity contribution is 0.620. The van der Waals surface area contributed by atoms with Gasteiger partial charge < -0.3 is 0 Å². The molecule has 2 aromatic carbocycles. The second-order valence-corrected chi connectivity index (χ2v) is 4.27.